The molecule has 0 aliphatic heterocycles. The Morgan fingerprint density at radius 2 is 2.17 bits per heavy atom. The van der Waals surface area contributed by atoms with E-state index in [0.29, 0.717) is 12.2 Å². The Morgan fingerprint density at radius 1 is 1.44 bits per heavy atom. The highest BCUT2D eigenvalue weighted by Crippen LogP contribution is 2.30. The highest BCUT2D eigenvalue weighted by Gasteiger charge is 2.16. The summed E-state index contributed by atoms with van der Waals surface area (Å²) in [5, 5.41) is 8.71. The Hall–Kier alpha value is -1.78. The topological polar surface area (TPSA) is 55.8 Å². The van der Waals surface area contributed by atoms with Crippen LogP contribution in [0.4, 0.5) is 4.39 Å². The predicted octanol–water partition coefficient (Wildman–Crippen LogP) is 2.64. The van der Waals surface area contributed by atoms with E-state index < -0.39 is 11.8 Å². The molecule has 0 saturated carbocycles. The largest absolute Gasteiger partial charge is 0.493 e. The number of halogens is 1. The van der Waals surface area contributed by atoms with E-state index in [9.17, 15) is 9.18 Å². The standard InChI is InChI=1S/C13H17FO4/c1-3-4-7-18-10-6-5-9(8-11(15)16)13(17-2)12(10)14/h5-6H,3-4,7-8H2,1-2H3,(H,15,16). The van der Waals surface area contributed by atoms with Crippen molar-refractivity contribution in [2.45, 2.75) is 26.2 Å². The number of benzene rings is 1. The van der Waals surface area contributed by atoms with Gasteiger partial charge >= 0.3 is 5.97 Å². The Labute approximate surface area is 105 Å². The molecule has 0 bridgehead atoms. The van der Waals surface area contributed by atoms with Gasteiger partial charge in [-0.2, -0.15) is 4.39 Å². The summed E-state index contributed by atoms with van der Waals surface area (Å²) >= 11 is 0. The summed E-state index contributed by atoms with van der Waals surface area (Å²) in [7, 11) is 1.31. The van der Waals surface area contributed by atoms with Gasteiger partial charge < -0.3 is 14.6 Å². The van der Waals surface area contributed by atoms with E-state index in [2.05, 4.69) is 0 Å². The van der Waals surface area contributed by atoms with Crippen molar-refractivity contribution >= 4 is 5.97 Å². The average molecular weight is 256 g/mol. The van der Waals surface area contributed by atoms with Gasteiger partial charge in [-0.25, -0.2) is 0 Å². The molecule has 1 aromatic carbocycles. The second-order valence-corrected chi connectivity index (χ2v) is 3.84. The van der Waals surface area contributed by atoms with Crippen molar-refractivity contribution in [2.24, 2.45) is 0 Å². The number of hydrogen-bond donors (Lipinski definition) is 1. The lowest BCUT2D eigenvalue weighted by Crippen LogP contribution is -2.06. The first-order valence-corrected chi connectivity index (χ1v) is 5.80. The fourth-order valence-corrected chi connectivity index (χ4v) is 1.54. The van der Waals surface area contributed by atoms with Gasteiger partial charge in [-0.15, -0.1) is 0 Å². The molecule has 4 nitrogen and oxygen atoms in total. The van der Waals surface area contributed by atoms with Crippen LogP contribution in [0.1, 0.15) is 25.3 Å². The number of ether oxygens (including phenoxy) is 2. The van der Waals surface area contributed by atoms with Crippen LogP contribution in [0.2, 0.25) is 0 Å². The zero-order valence-corrected chi connectivity index (χ0v) is 10.5. The lowest BCUT2D eigenvalue weighted by Gasteiger charge is -2.12. The minimum absolute atomic E-state index is 0.0635. The summed E-state index contributed by atoms with van der Waals surface area (Å²) in [5.74, 6) is -1.65. The van der Waals surface area contributed by atoms with Gasteiger partial charge in [-0.05, 0) is 12.5 Å². The van der Waals surface area contributed by atoms with Crippen molar-refractivity contribution in [3.05, 3.63) is 23.5 Å². The molecule has 0 fully saturated rings. The zero-order chi connectivity index (χ0) is 13.5. The molecule has 0 spiro atoms. The van der Waals surface area contributed by atoms with Crippen LogP contribution in [0.3, 0.4) is 0 Å². The van der Waals surface area contributed by atoms with E-state index in [1.807, 2.05) is 6.92 Å². The molecule has 0 aromatic heterocycles. The average Bonchev–Trinajstić information content (AvgIpc) is 2.32. The molecule has 0 saturated heterocycles. The number of aliphatic carboxylic acids is 1. The van der Waals surface area contributed by atoms with Crippen LogP contribution in [-0.2, 0) is 11.2 Å². The van der Waals surface area contributed by atoms with Crippen molar-refractivity contribution in [1.29, 1.82) is 0 Å². The molecule has 0 amide bonds. The maximum atomic E-state index is 14.0. The van der Waals surface area contributed by atoms with Crippen LogP contribution < -0.4 is 9.47 Å². The van der Waals surface area contributed by atoms with Crippen molar-refractivity contribution in [3.63, 3.8) is 0 Å². The highest BCUT2D eigenvalue weighted by atomic mass is 19.1. The first-order valence-electron chi connectivity index (χ1n) is 5.80. The molecule has 1 N–H and O–H groups in total. The predicted molar refractivity (Wildman–Crippen MR) is 64.7 cm³/mol. The lowest BCUT2D eigenvalue weighted by molar-refractivity contribution is -0.136. The summed E-state index contributed by atoms with van der Waals surface area (Å²) < 4.78 is 24.2. The molecule has 5 heteroatoms. The van der Waals surface area contributed by atoms with Crippen molar-refractivity contribution in [2.75, 3.05) is 13.7 Å². The van der Waals surface area contributed by atoms with Crippen molar-refractivity contribution in [3.8, 4) is 11.5 Å². The molecule has 18 heavy (non-hydrogen) atoms. The Balaban J connectivity index is 2.93. The van der Waals surface area contributed by atoms with Gasteiger partial charge in [0.05, 0.1) is 20.1 Å². The molecule has 0 radical (unpaired) electrons. The van der Waals surface area contributed by atoms with E-state index in [4.69, 9.17) is 14.6 Å². The number of unbranched alkanes of at least 4 members (excludes halogenated alkanes) is 1. The third kappa shape index (κ3) is 3.61. The summed E-state index contributed by atoms with van der Waals surface area (Å²) in [5.41, 5.74) is 0.297. The molecular weight excluding hydrogens is 239 g/mol. The monoisotopic (exact) mass is 256 g/mol. The normalized spacial score (nSPS) is 10.2. The van der Waals surface area contributed by atoms with Crippen LogP contribution in [0.5, 0.6) is 11.5 Å². The first kappa shape index (κ1) is 14.3. The SMILES string of the molecule is CCCCOc1ccc(CC(=O)O)c(OC)c1F. The minimum atomic E-state index is -1.03. The third-order valence-electron chi connectivity index (χ3n) is 2.44. The van der Waals surface area contributed by atoms with Gasteiger partial charge in [0.1, 0.15) is 0 Å². The summed E-state index contributed by atoms with van der Waals surface area (Å²) in [4.78, 5) is 10.6. The smallest absolute Gasteiger partial charge is 0.307 e. The zero-order valence-electron chi connectivity index (χ0n) is 10.5. The second-order valence-electron chi connectivity index (χ2n) is 3.84. The summed E-state index contributed by atoms with van der Waals surface area (Å²) in [6, 6.07) is 2.95. The maximum absolute atomic E-state index is 14.0. The molecule has 1 rings (SSSR count). The number of hydrogen-bond acceptors (Lipinski definition) is 3. The first-order chi connectivity index (χ1) is 8.60. The highest BCUT2D eigenvalue weighted by molar-refractivity contribution is 5.71. The Bertz CT molecular complexity index is 418. The molecule has 0 heterocycles. The third-order valence-corrected chi connectivity index (χ3v) is 2.44. The Kier molecular flexibility index (Phi) is 5.42. The van der Waals surface area contributed by atoms with E-state index in [-0.39, 0.29) is 17.9 Å². The quantitative estimate of drug-likeness (QED) is 0.762. The molecule has 100 valence electrons. The summed E-state index contributed by atoms with van der Waals surface area (Å²) in [6.07, 6.45) is 1.50. The molecule has 1 aromatic rings. The van der Waals surface area contributed by atoms with Crippen LogP contribution in [0.25, 0.3) is 0 Å². The van der Waals surface area contributed by atoms with Crippen LogP contribution in [-0.4, -0.2) is 24.8 Å². The van der Waals surface area contributed by atoms with Gasteiger partial charge in [0.15, 0.2) is 11.5 Å². The molecule has 0 unspecified atom stereocenters. The van der Waals surface area contributed by atoms with Crippen LogP contribution >= 0.6 is 0 Å². The lowest BCUT2D eigenvalue weighted by atomic mass is 10.1. The van der Waals surface area contributed by atoms with Gasteiger partial charge in [0.25, 0.3) is 0 Å². The van der Waals surface area contributed by atoms with E-state index in [1.54, 1.807) is 0 Å². The van der Waals surface area contributed by atoms with Gasteiger partial charge in [-0.3, -0.25) is 4.79 Å². The Morgan fingerprint density at radius 3 is 2.72 bits per heavy atom. The van der Waals surface area contributed by atoms with E-state index >= 15 is 0 Å². The number of carboxylic acids is 1. The van der Waals surface area contributed by atoms with Crippen molar-refractivity contribution in [1.82, 2.24) is 0 Å². The van der Waals surface area contributed by atoms with Gasteiger partial charge in [-0.1, -0.05) is 19.4 Å². The number of carboxylic acid groups (broad SMARTS) is 1. The minimum Gasteiger partial charge on any atom is -0.493 e. The van der Waals surface area contributed by atoms with Crippen molar-refractivity contribution < 1.29 is 23.8 Å². The number of rotatable bonds is 7. The van der Waals surface area contributed by atoms with E-state index in [1.165, 1.54) is 19.2 Å². The second kappa shape index (κ2) is 6.83. The molecule has 0 aliphatic carbocycles. The number of carbonyl (C=O) groups is 1. The fourth-order valence-electron chi connectivity index (χ4n) is 1.54. The maximum Gasteiger partial charge on any atom is 0.307 e. The number of methoxy groups -OCH3 is 1. The molecular formula is C13H17FO4. The fraction of sp³-hybridized carbons (Fsp3) is 0.462. The molecule has 0 atom stereocenters. The van der Waals surface area contributed by atoms with Gasteiger partial charge in [0, 0.05) is 5.56 Å². The summed E-state index contributed by atoms with van der Waals surface area (Å²) in [6.45, 7) is 2.44. The van der Waals surface area contributed by atoms with E-state index in [0.717, 1.165) is 12.8 Å². The van der Waals surface area contributed by atoms with Crippen LogP contribution in [0, 0.1) is 5.82 Å². The van der Waals surface area contributed by atoms with Gasteiger partial charge in [0.2, 0.25) is 5.82 Å². The molecule has 0 aliphatic rings. The van der Waals surface area contributed by atoms with Crippen LogP contribution in [0.15, 0.2) is 12.1 Å².